The topological polar surface area (TPSA) is 104 Å². The third-order valence-corrected chi connectivity index (χ3v) is 3.17. The molecular formula is C12H8BrN3O5. The average molecular weight is 354 g/mol. The molecule has 0 saturated carbocycles. The van der Waals surface area contributed by atoms with E-state index in [9.17, 15) is 14.9 Å². The lowest BCUT2D eigenvalue weighted by molar-refractivity contribution is -0.385. The van der Waals surface area contributed by atoms with Crippen molar-refractivity contribution in [2.24, 2.45) is 0 Å². The van der Waals surface area contributed by atoms with Gasteiger partial charge in [0.2, 0.25) is 5.88 Å². The molecule has 0 unspecified atom stereocenters. The Morgan fingerprint density at radius 2 is 2.10 bits per heavy atom. The van der Waals surface area contributed by atoms with Gasteiger partial charge in [0.15, 0.2) is 11.4 Å². The first-order chi connectivity index (χ1) is 10.0. The average Bonchev–Trinajstić information content (AvgIpc) is 2.49. The zero-order valence-electron chi connectivity index (χ0n) is 10.6. The maximum atomic E-state index is 11.2. The van der Waals surface area contributed by atoms with Crippen LogP contribution in [0.3, 0.4) is 0 Å². The zero-order valence-corrected chi connectivity index (χ0v) is 12.2. The largest absolute Gasteiger partial charge is 0.464 e. The molecule has 0 amide bonds. The molecule has 0 aliphatic heterocycles. The molecule has 21 heavy (non-hydrogen) atoms. The summed E-state index contributed by atoms with van der Waals surface area (Å²) in [5, 5.41) is 10.8. The number of nitro groups is 1. The summed E-state index contributed by atoms with van der Waals surface area (Å²) in [7, 11) is 1.23. The van der Waals surface area contributed by atoms with E-state index in [1.165, 1.54) is 37.7 Å². The van der Waals surface area contributed by atoms with E-state index in [0.29, 0.717) is 0 Å². The van der Waals surface area contributed by atoms with Crippen molar-refractivity contribution >= 4 is 27.6 Å². The first-order valence-electron chi connectivity index (χ1n) is 5.54. The fraction of sp³-hybridized carbons (Fsp3) is 0.0833. The Morgan fingerprint density at radius 3 is 2.67 bits per heavy atom. The third kappa shape index (κ3) is 3.31. The number of carbonyl (C=O) groups is 1. The Labute approximate surface area is 127 Å². The van der Waals surface area contributed by atoms with Crippen LogP contribution >= 0.6 is 15.9 Å². The van der Waals surface area contributed by atoms with Gasteiger partial charge in [-0.15, -0.1) is 0 Å². The van der Waals surface area contributed by atoms with Crippen molar-refractivity contribution in [3.8, 4) is 11.6 Å². The van der Waals surface area contributed by atoms with E-state index in [-0.39, 0.29) is 27.5 Å². The monoisotopic (exact) mass is 353 g/mol. The highest BCUT2D eigenvalue weighted by molar-refractivity contribution is 9.10. The van der Waals surface area contributed by atoms with E-state index >= 15 is 0 Å². The predicted octanol–water partition coefficient (Wildman–Crippen LogP) is 2.73. The lowest BCUT2D eigenvalue weighted by Crippen LogP contribution is -2.05. The maximum Gasteiger partial charge on any atom is 0.358 e. The highest BCUT2D eigenvalue weighted by Gasteiger charge is 2.17. The van der Waals surface area contributed by atoms with Crippen LogP contribution in [0.5, 0.6) is 11.6 Å². The minimum Gasteiger partial charge on any atom is -0.464 e. The van der Waals surface area contributed by atoms with Gasteiger partial charge in [-0.3, -0.25) is 10.1 Å². The Kier molecular flexibility index (Phi) is 4.43. The lowest BCUT2D eigenvalue weighted by Gasteiger charge is -2.06. The Balaban J connectivity index is 2.24. The second-order valence-electron chi connectivity index (χ2n) is 3.68. The summed E-state index contributed by atoms with van der Waals surface area (Å²) in [6, 6.07) is 4.35. The fourth-order valence-electron chi connectivity index (χ4n) is 1.41. The number of nitrogens with zero attached hydrogens (tertiary/aromatic N) is 3. The summed E-state index contributed by atoms with van der Waals surface area (Å²) in [6.07, 6.45) is 2.41. The van der Waals surface area contributed by atoms with Crippen molar-refractivity contribution in [2.45, 2.75) is 0 Å². The molecule has 0 bridgehead atoms. The van der Waals surface area contributed by atoms with E-state index in [2.05, 4.69) is 30.6 Å². The van der Waals surface area contributed by atoms with Gasteiger partial charge in [0.1, 0.15) is 4.47 Å². The van der Waals surface area contributed by atoms with E-state index < -0.39 is 10.9 Å². The second-order valence-corrected chi connectivity index (χ2v) is 4.47. The number of benzene rings is 1. The number of hydrogen-bond acceptors (Lipinski definition) is 7. The summed E-state index contributed by atoms with van der Waals surface area (Å²) < 4.78 is 10.1. The molecule has 0 spiro atoms. The van der Waals surface area contributed by atoms with Crippen LogP contribution in [0.2, 0.25) is 0 Å². The van der Waals surface area contributed by atoms with Gasteiger partial charge in [0.25, 0.3) is 5.69 Å². The van der Waals surface area contributed by atoms with Gasteiger partial charge < -0.3 is 9.47 Å². The maximum absolute atomic E-state index is 11.2. The molecule has 0 fully saturated rings. The Bertz CT molecular complexity index is 690. The molecule has 0 atom stereocenters. The fourth-order valence-corrected chi connectivity index (χ4v) is 1.90. The molecule has 0 N–H and O–H groups in total. The van der Waals surface area contributed by atoms with Crippen LogP contribution in [0.4, 0.5) is 5.69 Å². The number of ether oxygens (including phenoxy) is 2. The van der Waals surface area contributed by atoms with Crippen molar-refractivity contribution in [3.05, 3.63) is 50.9 Å². The Morgan fingerprint density at radius 1 is 1.33 bits per heavy atom. The van der Waals surface area contributed by atoms with Crippen LogP contribution in [-0.2, 0) is 4.74 Å². The highest BCUT2D eigenvalue weighted by Crippen LogP contribution is 2.35. The van der Waals surface area contributed by atoms with E-state index in [1.807, 2.05) is 0 Å². The molecule has 0 saturated heterocycles. The van der Waals surface area contributed by atoms with Crippen molar-refractivity contribution in [1.29, 1.82) is 0 Å². The van der Waals surface area contributed by atoms with E-state index in [1.54, 1.807) is 0 Å². The van der Waals surface area contributed by atoms with Gasteiger partial charge in [-0.25, -0.2) is 14.8 Å². The van der Waals surface area contributed by atoms with E-state index in [0.717, 1.165) is 0 Å². The third-order valence-electron chi connectivity index (χ3n) is 2.38. The molecule has 0 aliphatic rings. The van der Waals surface area contributed by atoms with Crippen LogP contribution < -0.4 is 4.74 Å². The standard InChI is InChI=1S/C12H8BrN3O5/c1-20-12(17)7-5-15-10(6-14-7)21-9-4-2-3-8(11(9)13)16(18)19/h2-6H,1H3. The van der Waals surface area contributed by atoms with Crippen molar-refractivity contribution in [1.82, 2.24) is 9.97 Å². The minimum atomic E-state index is -0.620. The lowest BCUT2D eigenvalue weighted by atomic mass is 10.3. The first kappa shape index (κ1) is 14.9. The highest BCUT2D eigenvalue weighted by atomic mass is 79.9. The molecule has 1 heterocycles. The van der Waals surface area contributed by atoms with Gasteiger partial charge in [0.05, 0.1) is 24.4 Å². The van der Waals surface area contributed by atoms with Gasteiger partial charge in [-0.2, -0.15) is 0 Å². The smallest absolute Gasteiger partial charge is 0.358 e. The zero-order chi connectivity index (χ0) is 15.4. The normalized spacial score (nSPS) is 10.0. The SMILES string of the molecule is COC(=O)c1cnc(Oc2cccc([N+](=O)[O-])c2Br)cn1. The van der Waals surface area contributed by atoms with Crippen LogP contribution in [0.15, 0.2) is 35.1 Å². The molecule has 1 aromatic heterocycles. The number of esters is 1. The van der Waals surface area contributed by atoms with Gasteiger partial charge in [0, 0.05) is 6.07 Å². The van der Waals surface area contributed by atoms with Crippen LogP contribution in [-0.4, -0.2) is 28.0 Å². The summed E-state index contributed by atoms with van der Waals surface area (Å²) in [4.78, 5) is 29.2. The molecule has 9 heteroatoms. The predicted molar refractivity (Wildman–Crippen MR) is 74.2 cm³/mol. The quantitative estimate of drug-likeness (QED) is 0.472. The first-order valence-corrected chi connectivity index (χ1v) is 6.33. The van der Waals surface area contributed by atoms with Crippen molar-refractivity contribution < 1.29 is 19.2 Å². The number of carbonyl (C=O) groups excluding carboxylic acids is 1. The Hall–Kier alpha value is -2.55. The van der Waals surface area contributed by atoms with Crippen LogP contribution in [0.1, 0.15) is 10.5 Å². The molecular weight excluding hydrogens is 346 g/mol. The second kappa shape index (κ2) is 6.27. The number of aromatic nitrogens is 2. The van der Waals surface area contributed by atoms with Gasteiger partial charge >= 0.3 is 5.97 Å². The van der Waals surface area contributed by atoms with Gasteiger partial charge in [-0.1, -0.05) is 6.07 Å². The summed E-state index contributed by atoms with van der Waals surface area (Å²) in [5.74, 6) is -0.321. The molecule has 8 nitrogen and oxygen atoms in total. The van der Waals surface area contributed by atoms with Crippen LogP contribution in [0, 0.1) is 10.1 Å². The number of rotatable bonds is 4. The summed E-state index contributed by atoms with van der Waals surface area (Å²) >= 11 is 3.10. The van der Waals surface area contributed by atoms with Gasteiger partial charge in [-0.05, 0) is 22.0 Å². The number of halogens is 1. The number of nitro benzene ring substituents is 1. The van der Waals surface area contributed by atoms with Crippen LogP contribution in [0.25, 0.3) is 0 Å². The van der Waals surface area contributed by atoms with Crippen molar-refractivity contribution in [3.63, 3.8) is 0 Å². The molecule has 2 rings (SSSR count). The summed E-state index contributed by atoms with van der Waals surface area (Å²) in [6.45, 7) is 0. The summed E-state index contributed by atoms with van der Waals surface area (Å²) in [5.41, 5.74) is -0.102. The number of methoxy groups -OCH3 is 1. The molecule has 0 aliphatic carbocycles. The number of hydrogen-bond donors (Lipinski definition) is 0. The molecule has 108 valence electrons. The molecule has 1 aromatic carbocycles. The molecule has 2 aromatic rings. The minimum absolute atomic E-state index is 0.0305. The van der Waals surface area contributed by atoms with Crippen molar-refractivity contribution in [2.75, 3.05) is 7.11 Å². The van der Waals surface area contributed by atoms with E-state index in [4.69, 9.17) is 4.74 Å². The molecule has 0 radical (unpaired) electrons.